The Bertz CT molecular complexity index is 938. The lowest BCUT2D eigenvalue weighted by Crippen LogP contribution is -2.52. The second-order valence-corrected chi connectivity index (χ2v) is 7.10. The molecule has 9 nitrogen and oxygen atoms in total. The molecule has 28 heavy (non-hydrogen) atoms. The summed E-state index contributed by atoms with van der Waals surface area (Å²) in [4.78, 5) is 38.0. The number of aryl methyl sites for hydroxylation is 1. The summed E-state index contributed by atoms with van der Waals surface area (Å²) < 4.78 is 1.68. The fourth-order valence-corrected chi connectivity index (χ4v) is 3.77. The Kier molecular flexibility index (Phi) is 4.91. The molecular weight excluding hydrogens is 360 g/mol. The van der Waals surface area contributed by atoms with E-state index in [0.717, 1.165) is 36.2 Å². The zero-order valence-corrected chi connectivity index (χ0v) is 15.4. The van der Waals surface area contributed by atoms with E-state index in [0.29, 0.717) is 25.1 Å². The van der Waals surface area contributed by atoms with Gasteiger partial charge in [0.15, 0.2) is 0 Å². The third-order valence-corrected chi connectivity index (χ3v) is 5.23. The number of fused-ring (bicyclic) bond motifs is 1. The maximum atomic E-state index is 12.9. The van der Waals surface area contributed by atoms with Gasteiger partial charge in [-0.25, -0.2) is 4.68 Å². The van der Waals surface area contributed by atoms with Gasteiger partial charge in [0.2, 0.25) is 11.8 Å². The summed E-state index contributed by atoms with van der Waals surface area (Å²) in [5.41, 5.74) is 8.55. The summed E-state index contributed by atoms with van der Waals surface area (Å²) in [7, 11) is 0. The number of aromatic nitrogens is 3. The van der Waals surface area contributed by atoms with Gasteiger partial charge in [-0.15, -0.1) is 5.10 Å². The third-order valence-electron chi connectivity index (χ3n) is 5.23. The zero-order valence-electron chi connectivity index (χ0n) is 15.4. The number of carbonyl (C=O) groups is 3. The number of amides is 3. The Balaban J connectivity index is 1.58. The Morgan fingerprint density at radius 3 is 2.86 bits per heavy atom. The molecule has 2 aromatic rings. The predicted octanol–water partition coefficient (Wildman–Crippen LogP) is 0.310. The summed E-state index contributed by atoms with van der Waals surface area (Å²) in [6.45, 7) is 0.956. The van der Waals surface area contributed by atoms with E-state index in [4.69, 9.17) is 5.73 Å². The average molecular weight is 382 g/mol. The molecular formula is C19H22N6O3. The van der Waals surface area contributed by atoms with E-state index in [-0.39, 0.29) is 18.2 Å². The predicted molar refractivity (Wildman–Crippen MR) is 99.4 cm³/mol. The number of hydrogen-bond donors (Lipinski definition) is 2. The number of hydrogen-bond acceptors (Lipinski definition) is 6. The van der Waals surface area contributed by atoms with Crippen LogP contribution in [0, 0.1) is 0 Å². The van der Waals surface area contributed by atoms with Crippen molar-refractivity contribution in [1.29, 1.82) is 0 Å². The maximum absolute atomic E-state index is 12.9. The van der Waals surface area contributed by atoms with Crippen LogP contribution in [0.25, 0.3) is 5.69 Å². The highest BCUT2D eigenvalue weighted by molar-refractivity contribution is 6.05. The smallest absolute Gasteiger partial charge is 0.255 e. The Morgan fingerprint density at radius 1 is 1.21 bits per heavy atom. The van der Waals surface area contributed by atoms with Crippen LogP contribution in [0.5, 0.6) is 0 Å². The normalized spacial score (nSPS) is 19.1. The SMILES string of the molecule is NCCCCc1cn(-c2cccc3c2CN(C2CCC(=O)NC2=O)C3=O)nn1. The van der Waals surface area contributed by atoms with Gasteiger partial charge in [0, 0.05) is 24.1 Å². The minimum absolute atomic E-state index is 0.199. The lowest BCUT2D eigenvalue weighted by molar-refractivity contribution is -0.136. The highest BCUT2D eigenvalue weighted by Crippen LogP contribution is 2.31. The summed E-state index contributed by atoms with van der Waals surface area (Å²) in [6, 6.07) is 4.81. The topological polar surface area (TPSA) is 123 Å². The Morgan fingerprint density at radius 2 is 2.07 bits per heavy atom. The van der Waals surface area contributed by atoms with E-state index < -0.39 is 11.9 Å². The molecule has 0 aliphatic carbocycles. The number of carbonyl (C=O) groups excluding carboxylic acids is 3. The molecule has 1 saturated heterocycles. The minimum atomic E-state index is -0.631. The van der Waals surface area contributed by atoms with Crippen LogP contribution in [0.15, 0.2) is 24.4 Å². The summed E-state index contributed by atoms with van der Waals surface area (Å²) in [5, 5.41) is 10.7. The number of nitrogens with two attached hydrogens (primary N) is 1. The van der Waals surface area contributed by atoms with Gasteiger partial charge < -0.3 is 10.6 Å². The van der Waals surface area contributed by atoms with Crippen molar-refractivity contribution in [3.8, 4) is 5.69 Å². The monoisotopic (exact) mass is 382 g/mol. The third kappa shape index (κ3) is 3.29. The first-order valence-corrected chi connectivity index (χ1v) is 9.46. The van der Waals surface area contributed by atoms with E-state index in [2.05, 4.69) is 15.6 Å². The molecule has 3 N–H and O–H groups in total. The van der Waals surface area contributed by atoms with Crippen LogP contribution >= 0.6 is 0 Å². The van der Waals surface area contributed by atoms with Gasteiger partial charge in [-0.2, -0.15) is 0 Å². The molecule has 0 bridgehead atoms. The molecule has 0 saturated carbocycles. The second kappa shape index (κ2) is 7.51. The fourth-order valence-electron chi connectivity index (χ4n) is 3.77. The minimum Gasteiger partial charge on any atom is -0.330 e. The van der Waals surface area contributed by atoms with Gasteiger partial charge in [0.05, 0.1) is 17.6 Å². The largest absolute Gasteiger partial charge is 0.330 e. The van der Waals surface area contributed by atoms with Crippen molar-refractivity contribution in [2.75, 3.05) is 6.54 Å². The highest BCUT2D eigenvalue weighted by atomic mass is 16.2. The van der Waals surface area contributed by atoms with Gasteiger partial charge in [0.1, 0.15) is 6.04 Å². The molecule has 0 spiro atoms. The molecule has 1 fully saturated rings. The van der Waals surface area contributed by atoms with Crippen molar-refractivity contribution in [3.63, 3.8) is 0 Å². The van der Waals surface area contributed by atoms with Crippen molar-refractivity contribution in [1.82, 2.24) is 25.2 Å². The van der Waals surface area contributed by atoms with Gasteiger partial charge in [-0.1, -0.05) is 11.3 Å². The number of benzene rings is 1. The van der Waals surface area contributed by atoms with Crippen molar-refractivity contribution >= 4 is 17.7 Å². The lowest BCUT2D eigenvalue weighted by atomic mass is 10.0. The standard InChI is InChI=1S/C19H22N6O3/c20-9-2-1-4-12-10-25(23-22-12)15-6-3-5-13-14(15)11-24(19(13)28)16-7-8-17(26)21-18(16)27/h3,5-6,10,16H,1-2,4,7-9,11,20H2,(H,21,26,27). The summed E-state index contributed by atoms with van der Waals surface area (Å²) in [5.74, 6) is -0.910. The summed E-state index contributed by atoms with van der Waals surface area (Å²) >= 11 is 0. The average Bonchev–Trinajstić information content (AvgIpc) is 3.27. The van der Waals surface area contributed by atoms with E-state index in [1.165, 1.54) is 4.90 Å². The summed E-state index contributed by atoms with van der Waals surface area (Å²) in [6.07, 6.45) is 5.12. The van der Waals surface area contributed by atoms with E-state index in [1.54, 1.807) is 16.8 Å². The number of nitrogens with one attached hydrogen (secondary N) is 1. The maximum Gasteiger partial charge on any atom is 0.255 e. The first-order valence-electron chi connectivity index (χ1n) is 9.46. The molecule has 1 unspecified atom stereocenters. The number of imide groups is 1. The number of unbranched alkanes of at least 4 members (excludes halogenated alkanes) is 1. The molecule has 1 atom stereocenters. The molecule has 1 aromatic carbocycles. The van der Waals surface area contributed by atoms with Crippen LogP contribution in [0.4, 0.5) is 0 Å². The van der Waals surface area contributed by atoms with Crippen LogP contribution < -0.4 is 11.1 Å². The zero-order chi connectivity index (χ0) is 19.7. The van der Waals surface area contributed by atoms with Crippen molar-refractivity contribution < 1.29 is 14.4 Å². The van der Waals surface area contributed by atoms with Crippen LogP contribution in [-0.4, -0.2) is 50.2 Å². The van der Waals surface area contributed by atoms with Crippen molar-refractivity contribution in [2.45, 2.75) is 44.7 Å². The van der Waals surface area contributed by atoms with E-state index in [1.807, 2.05) is 12.3 Å². The lowest BCUT2D eigenvalue weighted by Gasteiger charge is -2.29. The van der Waals surface area contributed by atoms with Crippen molar-refractivity contribution in [2.24, 2.45) is 5.73 Å². The Hall–Kier alpha value is -3.07. The molecule has 4 rings (SSSR count). The van der Waals surface area contributed by atoms with Crippen molar-refractivity contribution in [3.05, 3.63) is 41.2 Å². The first-order chi connectivity index (χ1) is 13.6. The van der Waals surface area contributed by atoms with Crippen LogP contribution in [0.2, 0.25) is 0 Å². The van der Waals surface area contributed by atoms with Crippen LogP contribution in [-0.2, 0) is 22.6 Å². The molecule has 3 amide bonds. The Labute approximate surface area is 161 Å². The fraction of sp³-hybridized carbons (Fsp3) is 0.421. The van der Waals surface area contributed by atoms with Crippen LogP contribution in [0.1, 0.15) is 47.3 Å². The van der Waals surface area contributed by atoms with Crippen LogP contribution in [0.3, 0.4) is 0 Å². The number of nitrogens with zero attached hydrogens (tertiary/aromatic N) is 4. The second-order valence-electron chi connectivity index (χ2n) is 7.10. The molecule has 0 radical (unpaired) electrons. The van der Waals surface area contributed by atoms with Gasteiger partial charge >= 0.3 is 0 Å². The molecule has 2 aliphatic rings. The molecule has 9 heteroatoms. The number of piperidine rings is 1. The number of rotatable bonds is 6. The van der Waals surface area contributed by atoms with Gasteiger partial charge in [0.25, 0.3) is 5.91 Å². The van der Waals surface area contributed by atoms with Gasteiger partial charge in [-0.05, 0) is 44.4 Å². The molecule has 2 aliphatic heterocycles. The molecule has 1 aromatic heterocycles. The highest BCUT2D eigenvalue weighted by Gasteiger charge is 2.40. The quantitative estimate of drug-likeness (QED) is 0.547. The molecule has 3 heterocycles. The first kappa shape index (κ1) is 18.3. The van der Waals surface area contributed by atoms with E-state index >= 15 is 0 Å². The van der Waals surface area contributed by atoms with Gasteiger partial charge in [-0.3, -0.25) is 19.7 Å². The van der Waals surface area contributed by atoms with E-state index in [9.17, 15) is 14.4 Å². The molecule has 146 valence electrons.